The highest BCUT2D eigenvalue weighted by Crippen LogP contribution is 2.35. The molecule has 2 rings (SSSR count). The van der Waals surface area contributed by atoms with Crippen molar-refractivity contribution in [1.29, 1.82) is 0 Å². The van der Waals surface area contributed by atoms with E-state index in [9.17, 15) is 0 Å². The van der Waals surface area contributed by atoms with E-state index in [0.717, 1.165) is 30.8 Å². The zero-order chi connectivity index (χ0) is 11.6. The first-order chi connectivity index (χ1) is 7.65. The molecule has 1 unspecified atom stereocenters. The quantitative estimate of drug-likeness (QED) is 0.864. The number of methoxy groups -OCH3 is 1. The summed E-state index contributed by atoms with van der Waals surface area (Å²) < 4.78 is 10.8. The molecule has 1 fully saturated rings. The van der Waals surface area contributed by atoms with Crippen molar-refractivity contribution < 1.29 is 9.47 Å². The van der Waals surface area contributed by atoms with Gasteiger partial charge in [-0.25, -0.2) is 0 Å². The van der Waals surface area contributed by atoms with Gasteiger partial charge in [0.1, 0.15) is 5.75 Å². The maximum atomic E-state index is 6.36. The molecule has 3 nitrogen and oxygen atoms in total. The van der Waals surface area contributed by atoms with Gasteiger partial charge in [-0.15, -0.1) is 0 Å². The molecule has 0 saturated carbocycles. The second kappa shape index (κ2) is 4.62. The van der Waals surface area contributed by atoms with Crippen LogP contribution in [0.1, 0.15) is 18.4 Å². The van der Waals surface area contributed by atoms with E-state index < -0.39 is 5.54 Å². The molecule has 0 amide bonds. The SMILES string of the molecule is COc1ccc(Cl)cc1C1(N)CCCOC1. The van der Waals surface area contributed by atoms with Gasteiger partial charge in [0.05, 0.1) is 19.3 Å². The Morgan fingerprint density at radius 3 is 2.94 bits per heavy atom. The van der Waals surface area contributed by atoms with E-state index in [1.807, 2.05) is 12.1 Å². The van der Waals surface area contributed by atoms with Gasteiger partial charge in [0, 0.05) is 17.2 Å². The van der Waals surface area contributed by atoms with Crippen LogP contribution in [0, 0.1) is 0 Å². The Labute approximate surface area is 100 Å². The van der Waals surface area contributed by atoms with Gasteiger partial charge in [0.15, 0.2) is 0 Å². The Hall–Kier alpha value is -0.770. The first-order valence-corrected chi connectivity index (χ1v) is 5.74. The predicted octanol–water partition coefficient (Wildman–Crippen LogP) is 2.31. The molecule has 0 spiro atoms. The second-order valence-electron chi connectivity index (χ2n) is 4.16. The lowest BCUT2D eigenvalue weighted by Gasteiger charge is -2.34. The van der Waals surface area contributed by atoms with E-state index in [1.165, 1.54) is 0 Å². The lowest BCUT2D eigenvalue weighted by molar-refractivity contribution is 0.0357. The van der Waals surface area contributed by atoms with Crippen molar-refractivity contribution in [2.75, 3.05) is 20.3 Å². The fourth-order valence-electron chi connectivity index (χ4n) is 2.10. The Morgan fingerprint density at radius 2 is 2.31 bits per heavy atom. The largest absolute Gasteiger partial charge is 0.496 e. The molecule has 1 aromatic carbocycles. The monoisotopic (exact) mass is 241 g/mol. The van der Waals surface area contributed by atoms with E-state index >= 15 is 0 Å². The average molecular weight is 242 g/mol. The molecular weight excluding hydrogens is 226 g/mol. The molecule has 1 aliphatic heterocycles. The van der Waals surface area contributed by atoms with Crippen LogP contribution in [-0.2, 0) is 10.3 Å². The number of hydrogen-bond acceptors (Lipinski definition) is 3. The van der Waals surface area contributed by atoms with Crippen LogP contribution in [0.5, 0.6) is 5.75 Å². The molecule has 2 N–H and O–H groups in total. The molecule has 0 aliphatic carbocycles. The highest BCUT2D eigenvalue weighted by Gasteiger charge is 2.33. The van der Waals surface area contributed by atoms with Gasteiger partial charge in [-0.05, 0) is 31.0 Å². The van der Waals surface area contributed by atoms with Gasteiger partial charge in [0.25, 0.3) is 0 Å². The summed E-state index contributed by atoms with van der Waals surface area (Å²) in [6.45, 7) is 1.30. The lowest BCUT2D eigenvalue weighted by atomic mass is 9.85. The van der Waals surface area contributed by atoms with Crippen LogP contribution in [0.4, 0.5) is 0 Å². The van der Waals surface area contributed by atoms with E-state index in [0.29, 0.717) is 11.6 Å². The highest BCUT2D eigenvalue weighted by atomic mass is 35.5. The molecule has 0 bridgehead atoms. The number of nitrogens with two attached hydrogens (primary N) is 1. The predicted molar refractivity (Wildman–Crippen MR) is 63.9 cm³/mol. The van der Waals surface area contributed by atoms with Crippen molar-refractivity contribution in [3.63, 3.8) is 0 Å². The maximum absolute atomic E-state index is 6.36. The van der Waals surface area contributed by atoms with Crippen LogP contribution < -0.4 is 10.5 Å². The number of hydrogen-bond donors (Lipinski definition) is 1. The van der Waals surface area contributed by atoms with Crippen molar-refractivity contribution in [2.24, 2.45) is 5.73 Å². The topological polar surface area (TPSA) is 44.5 Å². The summed E-state index contributed by atoms with van der Waals surface area (Å²) in [5.74, 6) is 0.775. The van der Waals surface area contributed by atoms with E-state index in [2.05, 4.69) is 0 Å². The third-order valence-electron chi connectivity index (χ3n) is 2.97. The van der Waals surface area contributed by atoms with Crippen molar-refractivity contribution in [3.8, 4) is 5.75 Å². The normalized spacial score (nSPS) is 25.4. The fraction of sp³-hybridized carbons (Fsp3) is 0.500. The van der Waals surface area contributed by atoms with Gasteiger partial charge >= 0.3 is 0 Å². The van der Waals surface area contributed by atoms with Crippen LogP contribution in [0.2, 0.25) is 5.02 Å². The van der Waals surface area contributed by atoms with Crippen LogP contribution in [0.3, 0.4) is 0 Å². The molecular formula is C12H16ClNO2. The summed E-state index contributed by atoms with van der Waals surface area (Å²) in [6.07, 6.45) is 1.86. The molecule has 0 radical (unpaired) electrons. The van der Waals surface area contributed by atoms with Gasteiger partial charge in [-0.1, -0.05) is 11.6 Å². The summed E-state index contributed by atoms with van der Waals surface area (Å²) >= 11 is 6.00. The molecule has 16 heavy (non-hydrogen) atoms. The summed E-state index contributed by atoms with van der Waals surface area (Å²) in [7, 11) is 1.64. The molecule has 1 aliphatic rings. The molecule has 4 heteroatoms. The van der Waals surface area contributed by atoms with Crippen molar-refractivity contribution >= 4 is 11.6 Å². The molecule has 1 atom stereocenters. The van der Waals surface area contributed by atoms with Gasteiger partial charge < -0.3 is 15.2 Å². The first kappa shape index (κ1) is 11.7. The Balaban J connectivity index is 2.40. The summed E-state index contributed by atoms with van der Waals surface area (Å²) in [5, 5.41) is 0.672. The summed E-state index contributed by atoms with van der Waals surface area (Å²) in [5.41, 5.74) is 6.82. The second-order valence-corrected chi connectivity index (χ2v) is 4.59. The van der Waals surface area contributed by atoms with E-state index in [1.54, 1.807) is 13.2 Å². The number of ether oxygens (including phenoxy) is 2. The molecule has 0 aromatic heterocycles. The van der Waals surface area contributed by atoms with Crippen LogP contribution in [0.15, 0.2) is 18.2 Å². The lowest BCUT2D eigenvalue weighted by Crippen LogP contribution is -2.44. The third-order valence-corrected chi connectivity index (χ3v) is 3.20. The fourth-order valence-corrected chi connectivity index (χ4v) is 2.27. The Morgan fingerprint density at radius 1 is 1.50 bits per heavy atom. The average Bonchev–Trinajstić information content (AvgIpc) is 2.30. The number of rotatable bonds is 2. The number of halogens is 1. The van der Waals surface area contributed by atoms with Gasteiger partial charge in [-0.2, -0.15) is 0 Å². The minimum atomic E-state index is -0.478. The Kier molecular flexibility index (Phi) is 3.38. The standard InChI is InChI=1S/C12H16ClNO2/c1-15-11-4-3-9(13)7-10(11)12(14)5-2-6-16-8-12/h3-4,7H,2,5-6,8,14H2,1H3. The summed E-state index contributed by atoms with van der Waals surface area (Å²) in [4.78, 5) is 0. The summed E-state index contributed by atoms with van der Waals surface area (Å²) in [6, 6.07) is 5.52. The third kappa shape index (κ3) is 2.17. The van der Waals surface area contributed by atoms with E-state index in [-0.39, 0.29) is 0 Å². The molecule has 1 heterocycles. The Bertz CT molecular complexity index is 375. The smallest absolute Gasteiger partial charge is 0.124 e. The highest BCUT2D eigenvalue weighted by molar-refractivity contribution is 6.30. The zero-order valence-electron chi connectivity index (χ0n) is 9.33. The minimum absolute atomic E-state index is 0.478. The molecule has 1 saturated heterocycles. The van der Waals surface area contributed by atoms with Gasteiger partial charge in [0.2, 0.25) is 0 Å². The van der Waals surface area contributed by atoms with Crippen LogP contribution >= 0.6 is 11.6 Å². The first-order valence-electron chi connectivity index (χ1n) is 5.36. The van der Waals surface area contributed by atoms with Gasteiger partial charge in [-0.3, -0.25) is 0 Å². The zero-order valence-corrected chi connectivity index (χ0v) is 10.1. The van der Waals surface area contributed by atoms with Crippen LogP contribution in [0.25, 0.3) is 0 Å². The molecule has 1 aromatic rings. The van der Waals surface area contributed by atoms with E-state index in [4.69, 9.17) is 26.8 Å². The van der Waals surface area contributed by atoms with Crippen LogP contribution in [-0.4, -0.2) is 20.3 Å². The minimum Gasteiger partial charge on any atom is -0.496 e. The van der Waals surface area contributed by atoms with Crippen molar-refractivity contribution in [3.05, 3.63) is 28.8 Å². The maximum Gasteiger partial charge on any atom is 0.124 e. The van der Waals surface area contributed by atoms with Crippen molar-refractivity contribution in [2.45, 2.75) is 18.4 Å². The number of benzene rings is 1. The molecule has 88 valence electrons. The van der Waals surface area contributed by atoms with Crippen molar-refractivity contribution in [1.82, 2.24) is 0 Å².